The minimum Gasteiger partial charge on any atom is -0.397 e. The van der Waals surface area contributed by atoms with Crippen LogP contribution in [0.2, 0.25) is 0 Å². The van der Waals surface area contributed by atoms with Gasteiger partial charge in [0.2, 0.25) is 0 Å². The van der Waals surface area contributed by atoms with E-state index in [-0.39, 0.29) is 18.7 Å². The van der Waals surface area contributed by atoms with Gasteiger partial charge in [0.25, 0.3) is 0 Å². The molecule has 17 heavy (non-hydrogen) atoms. The van der Waals surface area contributed by atoms with Crippen LogP contribution in [0.3, 0.4) is 0 Å². The summed E-state index contributed by atoms with van der Waals surface area (Å²) < 4.78 is 0. The van der Waals surface area contributed by atoms with Crippen LogP contribution in [0, 0.1) is 6.92 Å². The first-order valence-corrected chi connectivity index (χ1v) is 5.16. The van der Waals surface area contributed by atoms with Crippen molar-refractivity contribution < 1.29 is 10.2 Å². The van der Waals surface area contributed by atoms with Crippen LogP contribution in [0.25, 0.3) is 10.4 Å². The zero-order valence-corrected chi connectivity index (χ0v) is 9.48. The van der Waals surface area contributed by atoms with Crippen molar-refractivity contribution in [1.82, 2.24) is 4.98 Å². The van der Waals surface area contributed by atoms with E-state index in [1.54, 1.807) is 13.0 Å². The number of aliphatic hydroxyl groups excluding tert-OH is 2. The first kappa shape index (κ1) is 13.2. The Morgan fingerprint density at radius 3 is 2.94 bits per heavy atom. The molecule has 1 heterocycles. The third-order valence-electron chi connectivity index (χ3n) is 2.47. The third kappa shape index (κ3) is 3.32. The van der Waals surface area contributed by atoms with Gasteiger partial charge in [-0.3, -0.25) is 4.98 Å². The van der Waals surface area contributed by atoms with Crippen LogP contribution in [0.5, 0.6) is 0 Å². The van der Waals surface area contributed by atoms with E-state index in [0.717, 1.165) is 5.56 Å². The van der Waals surface area contributed by atoms with Crippen LogP contribution >= 0.6 is 0 Å². The Morgan fingerprint density at radius 2 is 2.29 bits per heavy atom. The fourth-order valence-corrected chi connectivity index (χ4v) is 1.40. The minimum atomic E-state index is -1.18. The summed E-state index contributed by atoms with van der Waals surface area (Å²) in [5.74, 6) is 0. The molecule has 0 radical (unpaired) electrons. The minimum absolute atomic E-state index is 0.112. The highest BCUT2D eigenvalue weighted by Crippen LogP contribution is 2.24. The Hall–Kier alpha value is -1.82. The third-order valence-corrected chi connectivity index (χ3v) is 2.47. The van der Waals surface area contributed by atoms with Gasteiger partial charge in [0.05, 0.1) is 17.5 Å². The first-order chi connectivity index (χ1) is 8.07. The van der Waals surface area contributed by atoms with Crippen molar-refractivity contribution in [3.05, 3.63) is 34.0 Å². The molecule has 0 fully saturated rings. The van der Waals surface area contributed by atoms with Gasteiger partial charge < -0.3 is 15.9 Å². The van der Waals surface area contributed by atoms with Crippen molar-refractivity contribution in [3.63, 3.8) is 0 Å². The van der Waals surface area contributed by atoms with Crippen LogP contribution in [0.15, 0.2) is 17.4 Å². The predicted molar refractivity (Wildman–Crippen MR) is 63.0 cm³/mol. The molecule has 0 aliphatic heterocycles. The zero-order chi connectivity index (χ0) is 12.8. The quantitative estimate of drug-likeness (QED) is 0.402. The molecule has 7 heteroatoms. The van der Waals surface area contributed by atoms with Crippen molar-refractivity contribution in [1.29, 1.82) is 0 Å². The maximum atomic E-state index is 9.87. The van der Waals surface area contributed by atoms with E-state index in [4.69, 9.17) is 11.3 Å². The highest BCUT2D eigenvalue weighted by molar-refractivity contribution is 5.50. The number of pyridine rings is 1. The number of nitrogens with zero attached hydrogens (tertiary/aromatic N) is 4. The molecular formula is C10H15N5O2. The summed E-state index contributed by atoms with van der Waals surface area (Å²) in [6, 6.07) is 1.72. The molecule has 0 bridgehead atoms. The van der Waals surface area contributed by atoms with Gasteiger partial charge in [0.1, 0.15) is 6.10 Å². The molecule has 1 aromatic rings. The van der Waals surface area contributed by atoms with Gasteiger partial charge in [-0.1, -0.05) is 5.11 Å². The van der Waals surface area contributed by atoms with E-state index in [0.29, 0.717) is 5.69 Å². The van der Waals surface area contributed by atoms with Crippen LogP contribution in [0.1, 0.15) is 23.8 Å². The maximum Gasteiger partial charge on any atom is 0.124 e. The monoisotopic (exact) mass is 237 g/mol. The number of nitrogens with two attached hydrogens (primary N) is 1. The summed E-state index contributed by atoms with van der Waals surface area (Å²) in [4.78, 5) is 6.51. The van der Waals surface area contributed by atoms with Crippen LogP contribution in [-0.2, 0) is 0 Å². The van der Waals surface area contributed by atoms with Crippen LogP contribution in [-0.4, -0.2) is 27.8 Å². The molecule has 2 unspecified atom stereocenters. The van der Waals surface area contributed by atoms with E-state index < -0.39 is 12.2 Å². The molecule has 2 atom stereocenters. The van der Waals surface area contributed by atoms with Crippen molar-refractivity contribution in [2.24, 2.45) is 5.11 Å². The molecule has 7 nitrogen and oxygen atoms in total. The standard InChI is InChI=1S/C10H15N5O2/c1-6-2-4-13-9(8(6)11)10(17)7(16)3-5-14-15-12/h2,4,7,10,16-17H,3,5,11H2,1H3. The molecule has 1 aromatic heterocycles. The van der Waals surface area contributed by atoms with Gasteiger partial charge in [0.15, 0.2) is 0 Å². The second-order valence-corrected chi connectivity index (χ2v) is 3.68. The second-order valence-electron chi connectivity index (χ2n) is 3.68. The van der Waals surface area contributed by atoms with Crippen molar-refractivity contribution in [2.75, 3.05) is 12.3 Å². The van der Waals surface area contributed by atoms with Gasteiger partial charge in [-0.25, -0.2) is 0 Å². The highest BCUT2D eigenvalue weighted by atomic mass is 16.3. The SMILES string of the molecule is Cc1ccnc(C(O)C(O)CCN=[N+]=[N-])c1N. The number of aryl methyl sites for hydroxylation is 1. The normalized spacial score (nSPS) is 13.8. The molecule has 0 saturated carbocycles. The Kier molecular flexibility index (Phi) is 4.71. The molecule has 0 spiro atoms. The van der Waals surface area contributed by atoms with Gasteiger partial charge in [0, 0.05) is 17.7 Å². The lowest BCUT2D eigenvalue weighted by atomic mass is 10.0. The largest absolute Gasteiger partial charge is 0.397 e. The second kappa shape index (κ2) is 6.05. The van der Waals surface area contributed by atoms with E-state index >= 15 is 0 Å². The number of anilines is 1. The summed E-state index contributed by atoms with van der Waals surface area (Å²) in [6.07, 6.45) is -0.564. The fraction of sp³-hybridized carbons (Fsp3) is 0.500. The number of aromatic nitrogens is 1. The van der Waals surface area contributed by atoms with Gasteiger partial charge in [-0.05, 0) is 30.5 Å². The Balaban J connectivity index is 2.77. The van der Waals surface area contributed by atoms with Gasteiger partial charge in [-0.15, -0.1) is 0 Å². The van der Waals surface area contributed by atoms with E-state index in [2.05, 4.69) is 15.0 Å². The van der Waals surface area contributed by atoms with E-state index in [1.165, 1.54) is 6.20 Å². The molecule has 4 N–H and O–H groups in total. The Labute approximate surface area is 98.5 Å². The smallest absolute Gasteiger partial charge is 0.124 e. The van der Waals surface area contributed by atoms with Crippen molar-refractivity contribution in [2.45, 2.75) is 25.6 Å². The van der Waals surface area contributed by atoms with Crippen molar-refractivity contribution in [3.8, 4) is 0 Å². The molecule has 0 aromatic carbocycles. The Morgan fingerprint density at radius 1 is 1.59 bits per heavy atom. The van der Waals surface area contributed by atoms with E-state index in [9.17, 15) is 10.2 Å². The fourth-order valence-electron chi connectivity index (χ4n) is 1.40. The number of azide groups is 1. The summed E-state index contributed by atoms with van der Waals surface area (Å²) in [7, 11) is 0. The lowest BCUT2D eigenvalue weighted by Crippen LogP contribution is -2.21. The molecule has 0 amide bonds. The average Bonchev–Trinajstić information content (AvgIpc) is 2.32. The lowest BCUT2D eigenvalue weighted by Gasteiger charge is -2.18. The van der Waals surface area contributed by atoms with Gasteiger partial charge in [-0.2, -0.15) is 0 Å². The van der Waals surface area contributed by atoms with Gasteiger partial charge >= 0.3 is 0 Å². The topological polar surface area (TPSA) is 128 Å². The van der Waals surface area contributed by atoms with Crippen molar-refractivity contribution >= 4 is 5.69 Å². The number of hydrogen-bond acceptors (Lipinski definition) is 5. The first-order valence-electron chi connectivity index (χ1n) is 5.16. The summed E-state index contributed by atoms with van der Waals surface area (Å²) in [5, 5.41) is 22.8. The predicted octanol–water partition coefficient (Wildman–Crippen LogP) is 1.07. The Bertz CT molecular complexity index is 431. The molecule has 92 valence electrons. The van der Waals surface area contributed by atoms with E-state index in [1.807, 2.05) is 0 Å². The lowest BCUT2D eigenvalue weighted by molar-refractivity contribution is 0.0129. The average molecular weight is 237 g/mol. The summed E-state index contributed by atoms with van der Waals surface area (Å²) >= 11 is 0. The van der Waals surface area contributed by atoms with Crippen LogP contribution < -0.4 is 5.73 Å². The molecule has 0 aliphatic rings. The molecule has 0 aliphatic carbocycles. The number of hydrogen-bond donors (Lipinski definition) is 3. The number of aliphatic hydroxyl groups is 2. The highest BCUT2D eigenvalue weighted by Gasteiger charge is 2.21. The zero-order valence-electron chi connectivity index (χ0n) is 9.48. The number of rotatable bonds is 5. The molecule has 0 saturated heterocycles. The van der Waals surface area contributed by atoms with Crippen LogP contribution in [0.4, 0.5) is 5.69 Å². The maximum absolute atomic E-state index is 9.87. The summed E-state index contributed by atoms with van der Waals surface area (Å²) in [5.41, 5.74) is 15.3. The molecular weight excluding hydrogens is 222 g/mol. The summed E-state index contributed by atoms with van der Waals surface area (Å²) in [6.45, 7) is 1.90. The molecule has 1 rings (SSSR count). The number of nitrogen functional groups attached to an aromatic ring is 1.